The second kappa shape index (κ2) is 10.4. The van der Waals surface area contributed by atoms with Crippen molar-refractivity contribution in [1.82, 2.24) is 19.8 Å². The summed E-state index contributed by atoms with van der Waals surface area (Å²) in [5.74, 6) is 1.47. The van der Waals surface area contributed by atoms with Crippen LogP contribution in [-0.4, -0.2) is 39.0 Å². The fourth-order valence-corrected chi connectivity index (χ4v) is 10.0. The summed E-state index contributed by atoms with van der Waals surface area (Å²) in [5.41, 5.74) is 4.82. The first-order valence-electron chi connectivity index (χ1n) is 16.8. The highest BCUT2D eigenvalue weighted by Gasteiger charge is 2.56. The maximum absolute atomic E-state index is 17.1. The summed E-state index contributed by atoms with van der Waals surface area (Å²) in [6.07, 6.45) is 5.84. The minimum Gasteiger partial charge on any atom is -0.337 e. The Morgan fingerprint density at radius 2 is 2.00 bits per heavy atom. The molecule has 10 rings (SSSR count). The zero-order valence-electron chi connectivity index (χ0n) is 26.0. The van der Waals surface area contributed by atoms with Crippen molar-refractivity contribution in [3.8, 4) is 17.2 Å². The second-order valence-corrected chi connectivity index (χ2v) is 15.3. The second-order valence-electron chi connectivity index (χ2n) is 14.5. The quantitative estimate of drug-likeness (QED) is 0.227. The van der Waals surface area contributed by atoms with Gasteiger partial charge in [-0.1, -0.05) is 42.3 Å². The van der Waals surface area contributed by atoms with Crippen molar-refractivity contribution in [2.75, 3.05) is 6.54 Å². The van der Waals surface area contributed by atoms with Gasteiger partial charge in [0.2, 0.25) is 5.91 Å². The van der Waals surface area contributed by atoms with Crippen LogP contribution in [0.1, 0.15) is 74.5 Å². The van der Waals surface area contributed by atoms with Gasteiger partial charge in [-0.2, -0.15) is 5.26 Å². The number of likely N-dealkylation sites (tertiary alicyclic amines) is 1. The largest absolute Gasteiger partial charge is 0.337 e. The number of fused-ring (bicyclic) bond motifs is 6. The molecular formula is C37H36Cl2FN5O. The van der Waals surface area contributed by atoms with E-state index in [0.29, 0.717) is 63.4 Å². The molecule has 1 amide bonds. The van der Waals surface area contributed by atoms with Gasteiger partial charge in [-0.05, 0) is 87.0 Å². The fourth-order valence-electron chi connectivity index (χ4n) is 9.64. The first-order valence-corrected chi connectivity index (χ1v) is 17.6. The first kappa shape index (κ1) is 29.0. The SMILES string of the molecule is Cc1nc2c(F)c(-c3cccc(Cl)c3Cl)c(CCC#N)cc2c2c1cc([C@H]1[C@H]3C[C@H](C[C@H]3C)N1C(=O)C1CC1)n2C1[C@H]2CN[C@@H]1C2. The van der Waals surface area contributed by atoms with E-state index in [4.69, 9.17) is 28.2 Å². The number of aryl methyl sites for hydroxylation is 2. The van der Waals surface area contributed by atoms with Crippen molar-refractivity contribution in [3.63, 3.8) is 0 Å². The molecule has 6 aliphatic rings. The fraction of sp³-hybridized carbons (Fsp3) is 0.486. The van der Waals surface area contributed by atoms with E-state index >= 15 is 4.39 Å². The van der Waals surface area contributed by atoms with Gasteiger partial charge < -0.3 is 14.8 Å². The molecule has 236 valence electrons. The van der Waals surface area contributed by atoms with Crippen LogP contribution in [0.2, 0.25) is 10.0 Å². The van der Waals surface area contributed by atoms with Crippen LogP contribution in [-0.2, 0) is 11.2 Å². The van der Waals surface area contributed by atoms with Crippen molar-refractivity contribution >= 4 is 50.9 Å². The van der Waals surface area contributed by atoms with Crippen molar-refractivity contribution in [1.29, 1.82) is 5.26 Å². The molecule has 3 aliphatic carbocycles. The number of rotatable bonds is 6. The summed E-state index contributed by atoms with van der Waals surface area (Å²) in [6.45, 7) is 5.28. The smallest absolute Gasteiger partial charge is 0.226 e. The van der Waals surface area contributed by atoms with Crippen molar-refractivity contribution in [3.05, 3.63) is 63.1 Å². The van der Waals surface area contributed by atoms with Gasteiger partial charge in [0.05, 0.1) is 33.7 Å². The summed E-state index contributed by atoms with van der Waals surface area (Å²) >= 11 is 13.1. The zero-order valence-corrected chi connectivity index (χ0v) is 27.5. The number of aromatic nitrogens is 2. The highest BCUT2D eigenvalue weighted by Crippen LogP contribution is 2.57. The van der Waals surface area contributed by atoms with Gasteiger partial charge in [-0.15, -0.1) is 0 Å². The number of halogens is 3. The highest BCUT2D eigenvalue weighted by molar-refractivity contribution is 6.43. The van der Waals surface area contributed by atoms with Gasteiger partial charge in [-0.3, -0.25) is 4.79 Å². The topological polar surface area (TPSA) is 74.0 Å². The molecule has 1 N–H and O–H groups in total. The van der Waals surface area contributed by atoms with E-state index in [-0.39, 0.29) is 35.5 Å². The molecule has 46 heavy (non-hydrogen) atoms. The van der Waals surface area contributed by atoms with Crippen LogP contribution in [0.4, 0.5) is 4.39 Å². The number of hydrogen-bond acceptors (Lipinski definition) is 4. The average Bonchev–Trinajstić information content (AvgIpc) is 3.39. The molecular weight excluding hydrogens is 620 g/mol. The third-order valence-electron chi connectivity index (χ3n) is 11.9. The number of carbonyl (C=O) groups is 1. The van der Waals surface area contributed by atoms with Gasteiger partial charge in [0, 0.05) is 64.3 Å². The number of carbonyl (C=O) groups excluding carboxylic acids is 1. The highest BCUT2D eigenvalue weighted by atomic mass is 35.5. The van der Waals surface area contributed by atoms with E-state index in [2.05, 4.69) is 33.8 Å². The Balaban J connectivity index is 1.33. The molecule has 9 heteroatoms. The maximum Gasteiger partial charge on any atom is 0.226 e. The third-order valence-corrected chi connectivity index (χ3v) is 12.8. The number of nitrogens with zero attached hydrogens (tertiary/aromatic N) is 4. The number of amides is 1. The van der Waals surface area contributed by atoms with E-state index in [0.717, 1.165) is 60.6 Å². The van der Waals surface area contributed by atoms with Crippen LogP contribution in [0, 0.1) is 47.7 Å². The molecule has 3 saturated carbocycles. The molecule has 6 fully saturated rings. The first-order chi connectivity index (χ1) is 22.3. The van der Waals surface area contributed by atoms with Gasteiger partial charge >= 0.3 is 0 Å². The molecule has 4 aromatic rings. The average molecular weight is 657 g/mol. The van der Waals surface area contributed by atoms with Gasteiger partial charge in [0.15, 0.2) is 5.82 Å². The molecule has 2 aromatic carbocycles. The molecule has 2 aromatic heterocycles. The van der Waals surface area contributed by atoms with Crippen LogP contribution < -0.4 is 5.32 Å². The van der Waals surface area contributed by atoms with Crippen LogP contribution in [0.25, 0.3) is 32.9 Å². The Morgan fingerprint density at radius 3 is 2.72 bits per heavy atom. The summed E-state index contributed by atoms with van der Waals surface area (Å²) in [7, 11) is 0. The van der Waals surface area contributed by atoms with E-state index in [1.165, 1.54) is 5.69 Å². The molecule has 0 radical (unpaired) electrons. The summed E-state index contributed by atoms with van der Waals surface area (Å²) in [4.78, 5) is 21.1. The number of pyridine rings is 1. The lowest BCUT2D eigenvalue weighted by atomic mass is 9.79. The zero-order chi connectivity index (χ0) is 31.6. The summed E-state index contributed by atoms with van der Waals surface area (Å²) in [5, 5.41) is 15.7. The number of hydrogen-bond donors (Lipinski definition) is 1. The molecule has 1 unspecified atom stereocenters. The molecule has 5 heterocycles. The van der Waals surface area contributed by atoms with E-state index in [9.17, 15) is 10.1 Å². The predicted molar refractivity (Wildman–Crippen MR) is 178 cm³/mol. The number of nitrogens with one attached hydrogen (secondary N) is 1. The standard InChI is InChI=1S/C37H36Cl2FN5O/c1-17-11-22-14-24(17)36(44(22)37(46)19-8-9-19)29-15-25-18(2)43-33-26(35(25)45(29)34-21-13-28(34)42-16-21)12-20(5-4-10-41)30(32(33)40)23-6-3-7-27(38)31(23)39/h3,6-7,12,15,17,19,21-22,24,28,34,36,42H,4-5,8-9,11,13-14,16H2,1-2H3/t17-,21-,22+,24+,28-,34?,36-/m1/s1. The Bertz CT molecular complexity index is 2000. The molecule has 4 bridgehead atoms. The van der Waals surface area contributed by atoms with E-state index < -0.39 is 5.82 Å². The minimum absolute atomic E-state index is 0.0103. The Hall–Kier alpha value is -3.18. The minimum atomic E-state index is -0.442. The lowest BCUT2D eigenvalue weighted by Crippen LogP contribution is -2.45. The van der Waals surface area contributed by atoms with Gasteiger partial charge in [0.25, 0.3) is 0 Å². The molecule has 7 atom stereocenters. The molecule has 3 saturated heterocycles. The van der Waals surface area contributed by atoms with Crippen molar-refractivity contribution < 1.29 is 9.18 Å². The number of piperidine rings is 1. The van der Waals surface area contributed by atoms with Crippen molar-refractivity contribution in [2.45, 2.75) is 83.0 Å². The number of benzene rings is 2. The van der Waals surface area contributed by atoms with Gasteiger partial charge in [0.1, 0.15) is 5.52 Å². The molecule has 6 nitrogen and oxygen atoms in total. The van der Waals surface area contributed by atoms with E-state index in [1.807, 2.05) is 13.0 Å². The van der Waals surface area contributed by atoms with Crippen LogP contribution in [0.5, 0.6) is 0 Å². The van der Waals surface area contributed by atoms with Crippen LogP contribution in [0.15, 0.2) is 30.3 Å². The number of nitriles is 1. The Labute approximate surface area is 277 Å². The predicted octanol–water partition coefficient (Wildman–Crippen LogP) is 8.31. The summed E-state index contributed by atoms with van der Waals surface area (Å²) < 4.78 is 19.6. The molecule has 3 aliphatic heterocycles. The normalized spacial score (nSPS) is 29.6. The van der Waals surface area contributed by atoms with Crippen molar-refractivity contribution in [2.24, 2.45) is 23.7 Å². The summed E-state index contributed by atoms with van der Waals surface area (Å²) in [6, 6.07) is 12.7. The van der Waals surface area contributed by atoms with Crippen LogP contribution in [0.3, 0.4) is 0 Å². The lowest BCUT2D eigenvalue weighted by Gasteiger charge is -2.43. The lowest BCUT2D eigenvalue weighted by molar-refractivity contribution is -0.138. The monoisotopic (exact) mass is 655 g/mol. The van der Waals surface area contributed by atoms with Crippen LogP contribution >= 0.6 is 23.2 Å². The van der Waals surface area contributed by atoms with E-state index in [1.54, 1.807) is 18.2 Å². The van der Waals surface area contributed by atoms with Gasteiger partial charge in [-0.25, -0.2) is 9.37 Å². The third kappa shape index (κ3) is 4.02. The maximum atomic E-state index is 17.1. The molecule has 0 spiro atoms. The Morgan fingerprint density at radius 1 is 1.17 bits per heavy atom. The Kier molecular flexibility index (Phi) is 6.56.